The normalized spacial score (nSPS) is 37.8. The van der Waals surface area contributed by atoms with Crippen molar-refractivity contribution in [2.24, 2.45) is 0 Å². The van der Waals surface area contributed by atoms with Crippen molar-refractivity contribution in [3.8, 4) is 0 Å². The molecule has 1 saturated heterocycles. The zero-order valence-corrected chi connectivity index (χ0v) is 9.61. The van der Waals surface area contributed by atoms with E-state index in [2.05, 4.69) is 5.32 Å². The fourth-order valence-electron chi connectivity index (χ4n) is 1.74. The molecule has 0 aromatic heterocycles. The third-order valence-corrected chi connectivity index (χ3v) is 2.70. The molecule has 5 atom stereocenters. The summed E-state index contributed by atoms with van der Waals surface area (Å²) in [5, 5.41) is 40.1. The van der Waals surface area contributed by atoms with E-state index < -0.39 is 37.3 Å². The van der Waals surface area contributed by atoms with Crippen molar-refractivity contribution in [1.82, 2.24) is 5.32 Å². The van der Waals surface area contributed by atoms with E-state index in [1.54, 1.807) is 0 Å². The van der Waals surface area contributed by atoms with Gasteiger partial charge in [-0.2, -0.15) is 0 Å². The van der Waals surface area contributed by atoms with Crippen LogP contribution in [0.2, 0.25) is 0 Å². The van der Waals surface area contributed by atoms with Crippen LogP contribution in [-0.2, 0) is 9.53 Å². The Balaban J connectivity index is 2.63. The van der Waals surface area contributed by atoms with E-state index in [0.717, 1.165) is 0 Å². The second kappa shape index (κ2) is 6.27. The van der Waals surface area contributed by atoms with Crippen LogP contribution in [0.4, 0.5) is 0 Å². The molecule has 1 fully saturated rings. The van der Waals surface area contributed by atoms with Gasteiger partial charge in [0, 0.05) is 6.42 Å². The highest BCUT2D eigenvalue weighted by Gasteiger charge is 2.44. The number of aliphatic hydroxyl groups is 4. The average Bonchev–Trinajstić information content (AvgIpc) is 2.29. The average molecular weight is 249 g/mol. The van der Waals surface area contributed by atoms with Crippen LogP contribution in [0, 0.1) is 0 Å². The number of hydrogen-bond donors (Lipinski definition) is 5. The van der Waals surface area contributed by atoms with E-state index in [4.69, 9.17) is 9.84 Å². The minimum atomic E-state index is -1.45. The maximum atomic E-state index is 11.3. The summed E-state index contributed by atoms with van der Waals surface area (Å²) in [6.45, 7) is 1.30. The Morgan fingerprint density at radius 2 is 1.94 bits per heavy atom. The summed E-state index contributed by atoms with van der Waals surface area (Å²) in [5.41, 5.74) is 0. The largest absolute Gasteiger partial charge is 0.394 e. The van der Waals surface area contributed by atoms with Crippen LogP contribution in [0.25, 0.3) is 0 Å². The van der Waals surface area contributed by atoms with Crippen LogP contribution in [0.5, 0.6) is 0 Å². The summed E-state index contributed by atoms with van der Waals surface area (Å²) in [4.78, 5) is 11.3. The van der Waals surface area contributed by atoms with Gasteiger partial charge in [0.15, 0.2) is 6.29 Å². The molecule has 7 heteroatoms. The Hall–Kier alpha value is -0.730. The van der Waals surface area contributed by atoms with E-state index in [9.17, 15) is 20.1 Å². The first-order chi connectivity index (χ1) is 8.01. The predicted octanol–water partition coefficient (Wildman–Crippen LogP) is -2.30. The van der Waals surface area contributed by atoms with Gasteiger partial charge < -0.3 is 30.5 Å². The molecule has 0 radical (unpaired) electrons. The molecular formula is C10H19NO6. The van der Waals surface area contributed by atoms with Crippen molar-refractivity contribution < 1.29 is 30.0 Å². The quantitative estimate of drug-likeness (QED) is 0.382. The number of amides is 1. The van der Waals surface area contributed by atoms with Crippen LogP contribution >= 0.6 is 0 Å². The lowest BCUT2D eigenvalue weighted by atomic mass is 9.97. The molecule has 0 aromatic rings. The van der Waals surface area contributed by atoms with E-state index in [1.807, 2.05) is 6.92 Å². The monoisotopic (exact) mass is 249 g/mol. The lowest BCUT2D eigenvalue weighted by Crippen LogP contribution is -2.64. The fraction of sp³-hybridized carbons (Fsp3) is 0.900. The van der Waals surface area contributed by atoms with Gasteiger partial charge in [0.05, 0.1) is 6.61 Å². The van der Waals surface area contributed by atoms with Crippen molar-refractivity contribution in [3.05, 3.63) is 0 Å². The summed E-state index contributed by atoms with van der Waals surface area (Å²) in [6.07, 6.45) is -4.35. The summed E-state index contributed by atoms with van der Waals surface area (Å²) in [5.74, 6) is -0.339. The number of carbonyl (C=O) groups is 1. The van der Waals surface area contributed by atoms with Crippen molar-refractivity contribution in [2.45, 2.75) is 50.4 Å². The third kappa shape index (κ3) is 3.36. The van der Waals surface area contributed by atoms with Crippen molar-refractivity contribution in [2.75, 3.05) is 6.61 Å². The maximum Gasteiger partial charge on any atom is 0.220 e. The lowest BCUT2D eigenvalue weighted by Gasteiger charge is -2.40. The summed E-state index contributed by atoms with van der Waals surface area (Å²) in [6, 6.07) is -1.09. The predicted molar refractivity (Wildman–Crippen MR) is 56.8 cm³/mol. The van der Waals surface area contributed by atoms with E-state index in [-0.39, 0.29) is 12.3 Å². The van der Waals surface area contributed by atoms with Crippen molar-refractivity contribution in [3.63, 3.8) is 0 Å². The van der Waals surface area contributed by atoms with Gasteiger partial charge in [-0.25, -0.2) is 0 Å². The topological polar surface area (TPSA) is 119 Å². The molecule has 1 rings (SSSR count). The van der Waals surface area contributed by atoms with Crippen LogP contribution in [0.1, 0.15) is 19.8 Å². The SMILES string of the molecule is CCCC(=O)N[C@@H]1[C@@H](O)[C@H](O)[C@H](CO)O[C@H]1O. The molecule has 0 unspecified atom stereocenters. The van der Waals surface area contributed by atoms with Gasteiger partial charge in [-0.05, 0) is 6.42 Å². The number of nitrogens with one attached hydrogen (secondary N) is 1. The van der Waals surface area contributed by atoms with E-state index >= 15 is 0 Å². The van der Waals surface area contributed by atoms with Gasteiger partial charge in [0.25, 0.3) is 0 Å². The molecule has 5 N–H and O–H groups in total. The highest BCUT2D eigenvalue weighted by atomic mass is 16.6. The van der Waals surface area contributed by atoms with Crippen LogP contribution in [0.3, 0.4) is 0 Å². The van der Waals surface area contributed by atoms with E-state index in [0.29, 0.717) is 6.42 Å². The van der Waals surface area contributed by atoms with Gasteiger partial charge in [-0.3, -0.25) is 4.79 Å². The molecule has 1 amide bonds. The smallest absolute Gasteiger partial charge is 0.220 e. The highest BCUT2D eigenvalue weighted by molar-refractivity contribution is 5.76. The minimum Gasteiger partial charge on any atom is -0.394 e. The zero-order chi connectivity index (χ0) is 13.0. The zero-order valence-electron chi connectivity index (χ0n) is 9.61. The molecule has 0 aliphatic carbocycles. The molecule has 0 aromatic carbocycles. The van der Waals surface area contributed by atoms with Gasteiger partial charge >= 0.3 is 0 Å². The van der Waals surface area contributed by atoms with Crippen LogP contribution < -0.4 is 5.32 Å². The molecule has 0 spiro atoms. The number of rotatable bonds is 4. The number of aliphatic hydroxyl groups excluding tert-OH is 4. The molecule has 100 valence electrons. The van der Waals surface area contributed by atoms with Gasteiger partial charge in [0.2, 0.25) is 5.91 Å². The fourth-order valence-corrected chi connectivity index (χ4v) is 1.74. The highest BCUT2D eigenvalue weighted by Crippen LogP contribution is 2.19. The molecular weight excluding hydrogens is 230 g/mol. The second-order valence-corrected chi connectivity index (χ2v) is 4.07. The Kier molecular flexibility index (Phi) is 5.29. The molecule has 7 nitrogen and oxygen atoms in total. The van der Waals surface area contributed by atoms with Crippen molar-refractivity contribution in [1.29, 1.82) is 0 Å². The first kappa shape index (κ1) is 14.3. The first-order valence-electron chi connectivity index (χ1n) is 5.61. The molecule has 1 heterocycles. The molecule has 0 saturated carbocycles. The molecule has 1 aliphatic rings. The molecule has 0 bridgehead atoms. The second-order valence-electron chi connectivity index (χ2n) is 4.07. The van der Waals surface area contributed by atoms with Crippen LogP contribution in [-0.4, -0.2) is 63.6 Å². The number of ether oxygens (including phenoxy) is 1. The number of carbonyl (C=O) groups excluding carboxylic acids is 1. The Morgan fingerprint density at radius 3 is 2.47 bits per heavy atom. The number of hydrogen-bond acceptors (Lipinski definition) is 6. The maximum absolute atomic E-state index is 11.3. The minimum absolute atomic E-state index is 0.259. The summed E-state index contributed by atoms with van der Waals surface area (Å²) in [7, 11) is 0. The van der Waals surface area contributed by atoms with Crippen molar-refractivity contribution >= 4 is 5.91 Å². The lowest BCUT2D eigenvalue weighted by molar-refractivity contribution is -0.253. The molecule has 1 aliphatic heterocycles. The summed E-state index contributed by atoms with van der Waals surface area (Å²) < 4.78 is 4.89. The third-order valence-electron chi connectivity index (χ3n) is 2.70. The Morgan fingerprint density at radius 1 is 1.29 bits per heavy atom. The first-order valence-corrected chi connectivity index (χ1v) is 5.61. The Bertz CT molecular complexity index is 261. The Labute approximate surface area is 99.0 Å². The van der Waals surface area contributed by atoms with E-state index in [1.165, 1.54) is 0 Å². The van der Waals surface area contributed by atoms with Gasteiger partial charge in [-0.15, -0.1) is 0 Å². The summed E-state index contributed by atoms with van der Waals surface area (Å²) >= 11 is 0. The standard InChI is InChI=1S/C10H19NO6/c1-2-3-6(13)11-7-9(15)8(14)5(4-12)17-10(7)16/h5,7-10,12,14-16H,2-4H2,1H3,(H,11,13)/t5-,7+,8+,9+,10+/m0/s1. The molecule has 17 heavy (non-hydrogen) atoms. The van der Waals surface area contributed by atoms with Gasteiger partial charge in [0.1, 0.15) is 24.4 Å². The van der Waals surface area contributed by atoms with Gasteiger partial charge in [-0.1, -0.05) is 6.92 Å². The van der Waals surface area contributed by atoms with Crippen LogP contribution in [0.15, 0.2) is 0 Å².